The first-order valence-electron chi connectivity index (χ1n) is 7.63. The highest BCUT2D eigenvalue weighted by molar-refractivity contribution is 5.73. The van der Waals surface area contributed by atoms with Crippen LogP contribution in [0.2, 0.25) is 0 Å². The van der Waals surface area contributed by atoms with Crippen LogP contribution in [0.1, 0.15) is 31.3 Å². The van der Waals surface area contributed by atoms with Gasteiger partial charge in [0.25, 0.3) is 0 Å². The van der Waals surface area contributed by atoms with E-state index in [0.717, 1.165) is 11.3 Å². The van der Waals surface area contributed by atoms with Crippen molar-refractivity contribution in [2.24, 2.45) is 0 Å². The second-order valence-corrected chi connectivity index (χ2v) is 5.59. The lowest BCUT2D eigenvalue weighted by Crippen LogP contribution is -2.37. The molecule has 2 rings (SSSR count). The number of hydrogen-bond donors (Lipinski definition) is 4. The zero-order valence-corrected chi connectivity index (χ0v) is 13.4. The summed E-state index contributed by atoms with van der Waals surface area (Å²) in [6, 6.07) is 11.3. The van der Waals surface area contributed by atoms with Crippen molar-refractivity contribution in [3.8, 4) is 0 Å². The van der Waals surface area contributed by atoms with Crippen LogP contribution in [-0.2, 0) is 6.54 Å². The minimum absolute atomic E-state index is 0.0916. The third kappa shape index (κ3) is 5.67. The zero-order chi connectivity index (χ0) is 16.7. The number of aliphatic hydroxyl groups excluding tert-OH is 1. The molecule has 0 spiro atoms. The summed E-state index contributed by atoms with van der Waals surface area (Å²) in [5.41, 5.74) is 2.02. The molecule has 0 aliphatic heterocycles. The average molecular weight is 317 g/mol. The zero-order valence-electron chi connectivity index (χ0n) is 13.4. The average Bonchev–Trinajstić information content (AvgIpc) is 3.05. The number of hydrogen-bond acceptors (Lipinski definition) is 4. The summed E-state index contributed by atoms with van der Waals surface area (Å²) in [5.74, 6) is 0.428. The fourth-order valence-corrected chi connectivity index (χ4v) is 2.12. The van der Waals surface area contributed by atoms with Crippen molar-refractivity contribution >= 4 is 11.7 Å². The molecule has 0 fully saturated rings. The van der Waals surface area contributed by atoms with Gasteiger partial charge in [0.05, 0.1) is 12.8 Å². The van der Waals surface area contributed by atoms with Crippen LogP contribution in [-0.4, -0.2) is 23.7 Å². The van der Waals surface area contributed by atoms with Crippen molar-refractivity contribution in [1.29, 1.82) is 0 Å². The number of rotatable bonds is 7. The lowest BCUT2D eigenvalue weighted by Gasteiger charge is -2.13. The van der Waals surface area contributed by atoms with Crippen molar-refractivity contribution in [1.82, 2.24) is 10.6 Å². The Kier molecular flexibility index (Phi) is 6.05. The van der Waals surface area contributed by atoms with Crippen molar-refractivity contribution in [3.05, 3.63) is 54.0 Å². The Morgan fingerprint density at radius 2 is 2.04 bits per heavy atom. The van der Waals surface area contributed by atoms with Gasteiger partial charge >= 0.3 is 6.03 Å². The molecule has 1 aromatic heterocycles. The van der Waals surface area contributed by atoms with Crippen LogP contribution in [0.25, 0.3) is 0 Å². The Bertz CT molecular complexity index is 611. The topological polar surface area (TPSA) is 86.5 Å². The van der Waals surface area contributed by atoms with E-state index in [9.17, 15) is 9.90 Å². The van der Waals surface area contributed by atoms with E-state index < -0.39 is 6.10 Å². The molecule has 1 aromatic carbocycles. The maximum absolute atomic E-state index is 11.8. The minimum Gasteiger partial charge on any atom is -0.467 e. The van der Waals surface area contributed by atoms with Gasteiger partial charge in [0.2, 0.25) is 0 Å². The van der Waals surface area contributed by atoms with E-state index in [0.29, 0.717) is 18.3 Å². The van der Waals surface area contributed by atoms with Crippen LogP contribution >= 0.6 is 0 Å². The molecule has 0 aliphatic rings. The Morgan fingerprint density at radius 3 is 2.74 bits per heavy atom. The Hall–Kier alpha value is -2.47. The second kappa shape index (κ2) is 8.24. The first-order chi connectivity index (χ1) is 11.0. The van der Waals surface area contributed by atoms with Crippen molar-refractivity contribution in [3.63, 3.8) is 0 Å². The maximum atomic E-state index is 11.8. The molecule has 0 bridgehead atoms. The largest absolute Gasteiger partial charge is 0.467 e. The molecule has 0 saturated carbocycles. The number of nitrogens with one attached hydrogen (secondary N) is 3. The van der Waals surface area contributed by atoms with E-state index in [1.54, 1.807) is 12.1 Å². The SMILES string of the molecule is CC(C)Nc1cccc(CNC(=O)NCC(O)c2ccco2)c1. The van der Waals surface area contributed by atoms with Crippen LogP contribution in [0.3, 0.4) is 0 Å². The van der Waals surface area contributed by atoms with Crippen molar-refractivity contribution in [2.75, 3.05) is 11.9 Å². The summed E-state index contributed by atoms with van der Waals surface area (Å²) < 4.78 is 5.07. The molecule has 0 radical (unpaired) electrons. The summed E-state index contributed by atoms with van der Waals surface area (Å²) >= 11 is 0. The predicted octanol–water partition coefficient (Wildman–Crippen LogP) is 2.63. The molecule has 1 atom stereocenters. The smallest absolute Gasteiger partial charge is 0.315 e. The molecule has 23 heavy (non-hydrogen) atoms. The van der Waals surface area contributed by atoms with E-state index in [4.69, 9.17) is 4.42 Å². The molecule has 0 saturated heterocycles. The Labute approximate surface area is 135 Å². The minimum atomic E-state index is -0.852. The predicted molar refractivity (Wildman–Crippen MR) is 89.1 cm³/mol. The second-order valence-electron chi connectivity index (χ2n) is 5.59. The van der Waals surface area contributed by atoms with E-state index in [2.05, 4.69) is 29.8 Å². The Morgan fingerprint density at radius 1 is 1.22 bits per heavy atom. The molecule has 124 valence electrons. The van der Waals surface area contributed by atoms with Gasteiger partial charge in [0.15, 0.2) is 0 Å². The van der Waals surface area contributed by atoms with Gasteiger partial charge in [-0.05, 0) is 43.7 Å². The summed E-state index contributed by atoms with van der Waals surface area (Å²) in [6.45, 7) is 4.65. The van der Waals surface area contributed by atoms with Crippen LogP contribution in [0.15, 0.2) is 47.1 Å². The number of urea groups is 1. The van der Waals surface area contributed by atoms with Gasteiger partial charge in [-0.25, -0.2) is 4.79 Å². The molecule has 6 nitrogen and oxygen atoms in total. The van der Waals surface area contributed by atoms with Gasteiger partial charge in [-0.1, -0.05) is 12.1 Å². The molecular formula is C17H23N3O3. The quantitative estimate of drug-likeness (QED) is 0.632. The molecule has 2 aromatic rings. The van der Waals surface area contributed by atoms with E-state index in [-0.39, 0.29) is 12.6 Å². The van der Waals surface area contributed by atoms with Gasteiger partial charge < -0.3 is 25.5 Å². The number of amides is 2. The molecule has 6 heteroatoms. The van der Waals surface area contributed by atoms with E-state index in [1.807, 2.05) is 24.3 Å². The summed E-state index contributed by atoms with van der Waals surface area (Å²) in [7, 11) is 0. The maximum Gasteiger partial charge on any atom is 0.315 e. The normalized spacial score (nSPS) is 12.0. The van der Waals surface area contributed by atoms with Gasteiger partial charge in [0, 0.05) is 18.3 Å². The third-order valence-electron chi connectivity index (χ3n) is 3.16. The number of aliphatic hydroxyl groups is 1. The Balaban J connectivity index is 1.76. The lowest BCUT2D eigenvalue weighted by atomic mass is 10.2. The molecule has 1 heterocycles. The number of benzene rings is 1. The van der Waals surface area contributed by atoms with Gasteiger partial charge in [0.1, 0.15) is 11.9 Å². The highest BCUT2D eigenvalue weighted by Gasteiger charge is 2.11. The summed E-state index contributed by atoms with van der Waals surface area (Å²) in [6.07, 6.45) is 0.630. The van der Waals surface area contributed by atoms with E-state index in [1.165, 1.54) is 6.26 Å². The summed E-state index contributed by atoms with van der Waals surface area (Å²) in [4.78, 5) is 11.8. The first-order valence-corrected chi connectivity index (χ1v) is 7.63. The van der Waals surface area contributed by atoms with Crippen LogP contribution in [0.4, 0.5) is 10.5 Å². The highest BCUT2D eigenvalue weighted by Crippen LogP contribution is 2.12. The number of furan rings is 1. The third-order valence-corrected chi connectivity index (χ3v) is 3.16. The van der Waals surface area contributed by atoms with Crippen molar-refractivity contribution in [2.45, 2.75) is 32.5 Å². The number of carbonyl (C=O) groups is 1. The molecule has 2 amide bonds. The molecule has 0 aliphatic carbocycles. The van der Waals surface area contributed by atoms with Crippen molar-refractivity contribution < 1.29 is 14.3 Å². The monoisotopic (exact) mass is 317 g/mol. The lowest BCUT2D eigenvalue weighted by molar-refractivity contribution is 0.148. The molecule has 1 unspecified atom stereocenters. The molecular weight excluding hydrogens is 294 g/mol. The van der Waals surface area contributed by atoms with E-state index >= 15 is 0 Å². The fourth-order valence-electron chi connectivity index (χ4n) is 2.12. The van der Waals surface area contributed by atoms with Gasteiger partial charge in [-0.3, -0.25) is 0 Å². The van der Waals surface area contributed by atoms with Crippen LogP contribution in [0, 0.1) is 0 Å². The van der Waals surface area contributed by atoms with Gasteiger partial charge in [-0.2, -0.15) is 0 Å². The van der Waals surface area contributed by atoms with Crippen LogP contribution in [0.5, 0.6) is 0 Å². The molecule has 4 N–H and O–H groups in total. The first kappa shape index (κ1) is 16.9. The van der Waals surface area contributed by atoms with Crippen LogP contribution < -0.4 is 16.0 Å². The van der Waals surface area contributed by atoms with Gasteiger partial charge in [-0.15, -0.1) is 0 Å². The number of anilines is 1. The highest BCUT2D eigenvalue weighted by atomic mass is 16.4. The summed E-state index contributed by atoms with van der Waals surface area (Å²) in [5, 5.41) is 18.5. The number of carbonyl (C=O) groups excluding carboxylic acids is 1. The standard InChI is InChI=1S/C17H23N3O3/c1-12(2)20-14-6-3-5-13(9-14)10-18-17(22)19-11-15(21)16-7-4-8-23-16/h3-9,12,15,20-21H,10-11H2,1-2H3,(H2,18,19,22). The fraction of sp³-hybridized carbons (Fsp3) is 0.353.